The Morgan fingerprint density at radius 1 is 1.50 bits per heavy atom. The van der Waals surface area contributed by atoms with E-state index in [9.17, 15) is 4.79 Å². The van der Waals surface area contributed by atoms with Crippen molar-refractivity contribution in [1.29, 1.82) is 0 Å². The van der Waals surface area contributed by atoms with Crippen molar-refractivity contribution >= 4 is 11.6 Å². The largest absolute Gasteiger partial charge is 0.384 e. The topological polar surface area (TPSA) is 50.4 Å². The molecule has 0 saturated carbocycles. The number of rotatable bonds is 3. The van der Waals surface area contributed by atoms with Crippen LogP contribution in [0.25, 0.3) is 0 Å². The van der Waals surface area contributed by atoms with Gasteiger partial charge in [-0.2, -0.15) is 0 Å². The quantitative estimate of drug-likeness (QED) is 0.888. The van der Waals surface area contributed by atoms with Gasteiger partial charge in [-0.25, -0.2) is 0 Å². The smallest absolute Gasteiger partial charge is 0.253 e. The number of ether oxygens (including phenoxy) is 1. The average molecular weight is 274 g/mol. The highest BCUT2D eigenvalue weighted by molar-refractivity contribution is 6.00. The third-order valence-electron chi connectivity index (χ3n) is 4.38. The van der Waals surface area contributed by atoms with E-state index < -0.39 is 0 Å². The average Bonchev–Trinajstić information content (AvgIpc) is 2.89. The van der Waals surface area contributed by atoms with Gasteiger partial charge in [0.05, 0.1) is 17.4 Å². The standard InChI is InChI=1S/C16H22N2O2/c1-11-13(7-9-20-11)10-18-16(19)14-6-2-4-12-5-3-8-17-15(12)14/h2,4,6,11,13,17H,3,5,7-10H2,1H3,(H,18,19). The lowest BCUT2D eigenvalue weighted by molar-refractivity contribution is 0.0908. The molecule has 3 rings (SSSR count). The highest BCUT2D eigenvalue weighted by atomic mass is 16.5. The number of nitrogens with one attached hydrogen (secondary N) is 2. The summed E-state index contributed by atoms with van der Waals surface area (Å²) < 4.78 is 5.53. The summed E-state index contributed by atoms with van der Waals surface area (Å²) in [7, 11) is 0. The van der Waals surface area contributed by atoms with Gasteiger partial charge in [0, 0.05) is 25.6 Å². The van der Waals surface area contributed by atoms with Gasteiger partial charge in [0.15, 0.2) is 0 Å². The molecule has 2 N–H and O–H groups in total. The zero-order valence-corrected chi connectivity index (χ0v) is 11.9. The molecule has 20 heavy (non-hydrogen) atoms. The molecule has 1 saturated heterocycles. The van der Waals surface area contributed by atoms with Gasteiger partial charge in [-0.15, -0.1) is 0 Å². The van der Waals surface area contributed by atoms with E-state index >= 15 is 0 Å². The Balaban J connectivity index is 1.68. The number of para-hydroxylation sites is 1. The third kappa shape index (κ3) is 2.66. The second-order valence-corrected chi connectivity index (χ2v) is 5.70. The van der Waals surface area contributed by atoms with Crippen LogP contribution in [0.3, 0.4) is 0 Å². The first-order valence-corrected chi connectivity index (χ1v) is 7.51. The van der Waals surface area contributed by atoms with Crippen molar-refractivity contribution in [2.75, 3.05) is 25.0 Å². The number of carbonyl (C=O) groups excluding carboxylic acids is 1. The molecule has 2 aliphatic heterocycles. The first-order valence-electron chi connectivity index (χ1n) is 7.51. The van der Waals surface area contributed by atoms with Crippen LogP contribution in [0.4, 0.5) is 5.69 Å². The Morgan fingerprint density at radius 2 is 2.40 bits per heavy atom. The predicted octanol–water partition coefficient (Wildman–Crippen LogP) is 2.20. The minimum Gasteiger partial charge on any atom is -0.384 e. The van der Waals surface area contributed by atoms with E-state index in [2.05, 4.69) is 23.6 Å². The fourth-order valence-electron chi connectivity index (χ4n) is 3.06. The molecule has 2 aliphatic rings. The molecule has 4 nitrogen and oxygen atoms in total. The van der Waals surface area contributed by atoms with Crippen molar-refractivity contribution in [3.63, 3.8) is 0 Å². The maximum absolute atomic E-state index is 12.4. The maximum atomic E-state index is 12.4. The lowest BCUT2D eigenvalue weighted by Crippen LogP contribution is -2.32. The summed E-state index contributed by atoms with van der Waals surface area (Å²) in [4.78, 5) is 12.4. The molecule has 1 aromatic rings. The summed E-state index contributed by atoms with van der Waals surface area (Å²) in [5, 5.41) is 6.43. The van der Waals surface area contributed by atoms with Crippen LogP contribution in [-0.2, 0) is 11.2 Å². The van der Waals surface area contributed by atoms with Crippen molar-refractivity contribution in [3.8, 4) is 0 Å². The van der Waals surface area contributed by atoms with E-state index in [-0.39, 0.29) is 12.0 Å². The number of hydrogen-bond donors (Lipinski definition) is 2. The van der Waals surface area contributed by atoms with Crippen molar-refractivity contribution in [1.82, 2.24) is 5.32 Å². The number of benzene rings is 1. The van der Waals surface area contributed by atoms with Crippen LogP contribution < -0.4 is 10.6 Å². The van der Waals surface area contributed by atoms with Gasteiger partial charge in [0.1, 0.15) is 0 Å². The molecule has 0 aliphatic carbocycles. The molecular weight excluding hydrogens is 252 g/mol. The lowest BCUT2D eigenvalue weighted by atomic mass is 9.98. The Labute approximate surface area is 119 Å². The Morgan fingerprint density at radius 3 is 3.20 bits per heavy atom. The lowest BCUT2D eigenvalue weighted by Gasteiger charge is -2.21. The monoisotopic (exact) mass is 274 g/mol. The molecule has 2 atom stereocenters. The number of carbonyl (C=O) groups is 1. The number of amides is 1. The summed E-state index contributed by atoms with van der Waals surface area (Å²) in [6.45, 7) is 4.54. The van der Waals surface area contributed by atoms with E-state index in [1.807, 2.05) is 12.1 Å². The SMILES string of the molecule is CC1OCCC1CNC(=O)c1cccc2c1NCCC2. The number of anilines is 1. The summed E-state index contributed by atoms with van der Waals surface area (Å²) in [5.41, 5.74) is 3.04. The Bertz CT molecular complexity index is 501. The van der Waals surface area contributed by atoms with Crippen molar-refractivity contribution in [2.24, 2.45) is 5.92 Å². The normalized spacial score (nSPS) is 24.9. The van der Waals surface area contributed by atoms with E-state index in [0.29, 0.717) is 12.5 Å². The fourth-order valence-corrected chi connectivity index (χ4v) is 3.06. The summed E-state index contributed by atoms with van der Waals surface area (Å²) in [5.74, 6) is 0.460. The van der Waals surface area contributed by atoms with Gasteiger partial charge >= 0.3 is 0 Å². The number of hydrogen-bond acceptors (Lipinski definition) is 3. The number of fused-ring (bicyclic) bond motifs is 1. The van der Waals surface area contributed by atoms with Gasteiger partial charge in [-0.1, -0.05) is 12.1 Å². The molecule has 0 aromatic heterocycles. The molecular formula is C16H22N2O2. The van der Waals surface area contributed by atoms with Gasteiger partial charge in [0.25, 0.3) is 5.91 Å². The molecule has 0 bridgehead atoms. The fraction of sp³-hybridized carbons (Fsp3) is 0.562. The first kappa shape index (κ1) is 13.4. The third-order valence-corrected chi connectivity index (χ3v) is 4.38. The second-order valence-electron chi connectivity index (χ2n) is 5.70. The zero-order valence-electron chi connectivity index (χ0n) is 11.9. The number of aryl methyl sites for hydroxylation is 1. The van der Waals surface area contributed by atoms with E-state index in [1.54, 1.807) is 0 Å². The molecule has 2 heterocycles. The van der Waals surface area contributed by atoms with Gasteiger partial charge in [-0.3, -0.25) is 4.79 Å². The molecule has 0 spiro atoms. The van der Waals surface area contributed by atoms with E-state index in [1.165, 1.54) is 5.56 Å². The van der Waals surface area contributed by atoms with Crippen LogP contribution in [0.2, 0.25) is 0 Å². The minimum absolute atomic E-state index is 0.0235. The summed E-state index contributed by atoms with van der Waals surface area (Å²) in [6.07, 6.45) is 3.47. The van der Waals surface area contributed by atoms with Crippen LogP contribution in [0.15, 0.2) is 18.2 Å². The van der Waals surface area contributed by atoms with E-state index in [0.717, 1.165) is 43.7 Å². The Kier molecular flexibility index (Phi) is 3.92. The first-order chi connectivity index (χ1) is 9.75. The summed E-state index contributed by atoms with van der Waals surface area (Å²) in [6, 6.07) is 5.98. The highest BCUT2D eigenvalue weighted by Gasteiger charge is 2.25. The van der Waals surface area contributed by atoms with Crippen molar-refractivity contribution < 1.29 is 9.53 Å². The molecule has 108 valence electrons. The van der Waals surface area contributed by atoms with Gasteiger partial charge in [-0.05, 0) is 37.8 Å². The molecule has 1 amide bonds. The van der Waals surface area contributed by atoms with Crippen LogP contribution in [-0.4, -0.2) is 31.7 Å². The van der Waals surface area contributed by atoms with Gasteiger partial charge < -0.3 is 15.4 Å². The molecule has 1 aromatic carbocycles. The predicted molar refractivity (Wildman–Crippen MR) is 79.1 cm³/mol. The zero-order chi connectivity index (χ0) is 13.9. The van der Waals surface area contributed by atoms with Crippen molar-refractivity contribution in [3.05, 3.63) is 29.3 Å². The van der Waals surface area contributed by atoms with Crippen LogP contribution in [0.1, 0.15) is 35.7 Å². The Hall–Kier alpha value is -1.55. The molecule has 1 fully saturated rings. The van der Waals surface area contributed by atoms with Gasteiger partial charge in [0.2, 0.25) is 0 Å². The summed E-state index contributed by atoms with van der Waals surface area (Å²) >= 11 is 0. The minimum atomic E-state index is 0.0235. The second kappa shape index (κ2) is 5.83. The highest BCUT2D eigenvalue weighted by Crippen LogP contribution is 2.26. The van der Waals surface area contributed by atoms with Crippen LogP contribution >= 0.6 is 0 Å². The maximum Gasteiger partial charge on any atom is 0.253 e. The van der Waals surface area contributed by atoms with Crippen LogP contribution in [0, 0.1) is 5.92 Å². The van der Waals surface area contributed by atoms with E-state index in [4.69, 9.17) is 4.74 Å². The van der Waals surface area contributed by atoms with Crippen molar-refractivity contribution in [2.45, 2.75) is 32.3 Å². The van der Waals surface area contributed by atoms with Crippen LogP contribution in [0.5, 0.6) is 0 Å². The molecule has 4 heteroatoms. The molecule has 2 unspecified atom stereocenters. The molecule has 0 radical (unpaired) electrons.